The number of nitrogens with one attached hydrogen (secondary N) is 1. The lowest BCUT2D eigenvalue weighted by Gasteiger charge is -2.22. The Morgan fingerprint density at radius 3 is 2.56 bits per heavy atom. The molecule has 2 aromatic carbocycles. The summed E-state index contributed by atoms with van der Waals surface area (Å²) in [5.41, 5.74) is 6.59. The van der Waals surface area contributed by atoms with Gasteiger partial charge in [0.05, 0.1) is 23.1 Å². The Hall–Kier alpha value is -4.92. The number of alkyl halides is 3. The van der Waals surface area contributed by atoms with Gasteiger partial charge >= 0.3 is 6.18 Å². The van der Waals surface area contributed by atoms with Crippen LogP contribution in [0.25, 0.3) is 33.3 Å². The second kappa shape index (κ2) is 15.1. The second-order valence-electron chi connectivity index (χ2n) is 14.4. The lowest BCUT2D eigenvalue weighted by atomic mass is 10.1. The van der Waals surface area contributed by atoms with E-state index in [1.807, 2.05) is 12.2 Å². The molecule has 0 radical (unpaired) electrons. The van der Waals surface area contributed by atoms with Crippen molar-refractivity contribution in [1.29, 1.82) is 0 Å². The number of unbranched alkanes of at least 4 members (excludes halogenated alkanes) is 4. The van der Waals surface area contributed by atoms with Crippen molar-refractivity contribution in [2.24, 2.45) is 17.6 Å². The van der Waals surface area contributed by atoms with Crippen LogP contribution in [0.1, 0.15) is 69.8 Å². The summed E-state index contributed by atoms with van der Waals surface area (Å²) in [6.07, 6.45) is 4.98. The molecule has 54 heavy (non-hydrogen) atoms. The van der Waals surface area contributed by atoms with Crippen LogP contribution >= 0.6 is 0 Å². The minimum Gasteiger partial charge on any atom is -0.484 e. The Labute approximate surface area is 310 Å². The number of benzene rings is 2. The fourth-order valence-electron chi connectivity index (χ4n) is 7.06. The normalized spacial score (nSPS) is 21.6. The number of ether oxygens (including phenoxy) is 1. The molecule has 2 saturated carbocycles. The van der Waals surface area contributed by atoms with Gasteiger partial charge in [-0.25, -0.2) is 13.4 Å². The van der Waals surface area contributed by atoms with E-state index in [1.54, 1.807) is 24.3 Å². The summed E-state index contributed by atoms with van der Waals surface area (Å²) in [5.74, 6) is -1.31. The van der Waals surface area contributed by atoms with E-state index in [1.165, 1.54) is 23.1 Å². The molecule has 4 aromatic rings. The van der Waals surface area contributed by atoms with Gasteiger partial charge in [0, 0.05) is 35.8 Å². The van der Waals surface area contributed by atoms with Gasteiger partial charge in [0.2, 0.25) is 27.7 Å². The number of hydrogen-bond acceptors (Lipinski definition) is 8. The standard InChI is InChI=1S/C39H41F3N4O7S/c40-39(41,42)25-12-9-11-24(18-25)30-21-33(36-35(44-30)28-13-7-8-14-32(28)53-36)52-26-20-31(37(43)48)46(22-26)34(47)15-6-4-2-1-3-5-10-23-19-29(23)38(49)45-54(50,51)27-16-17-27/h5,7-14,18,21,23,26-27,29,31H,1-4,6,15-17,19-20,22H2,(H2,43,48)(H,45,49)/b10-5-/t23-,26-,29+,31+/m1/s1. The molecule has 3 N–H and O–H groups in total. The number of hydrogen-bond donors (Lipinski definition) is 2. The van der Waals surface area contributed by atoms with Crippen LogP contribution in [0.2, 0.25) is 0 Å². The van der Waals surface area contributed by atoms with E-state index in [9.17, 15) is 36.0 Å². The molecule has 11 nitrogen and oxygen atoms in total. The molecule has 0 bridgehead atoms. The quantitative estimate of drug-likeness (QED) is 0.101. The number of primary amides is 1. The molecule has 286 valence electrons. The van der Waals surface area contributed by atoms with Crippen molar-refractivity contribution in [1.82, 2.24) is 14.6 Å². The second-order valence-corrected chi connectivity index (χ2v) is 16.4. The Kier molecular flexibility index (Phi) is 10.4. The predicted octanol–water partition coefficient (Wildman–Crippen LogP) is 6.64. The van der Waals surface area contributed by atoms with Crippen LogP contribution in [-0.2, 0) is 30.6 Å². The van der Waals surface area contributed by atoms with Gasteiger partial charge in [-0.2, -0.15) is 13.2 Å². The molecule has 7 rings (SSSR count). The van der Waals surface area contributed by atoms with Gasteiger partial charge in [-0.05, 0) is 68.7 Å². The number of likely N-dealkylation sites (tertiary alicyclic amines) is 1. The van der Waals surface area contributed by atoms with E-state index in [2.05, 4.69) is 9.71 Å². The number of nitrogens with two attached hydrogens (primary N) is 1. The van der Waals surface area contributed by atoms with Gasteiger partial charge in [-0.3, -0.25) is 19.1 Å². The number of rotatable bonds is 15. The number of para-hydroxylation sites is 1. The number of furan rings is 1. The molecule has 1 aliphatic heterocycles. The Bertz CT molecular complexity index is 2220. The fraction of sp³-hybridized carbons (Fsp3) is 0.436. The van der Waals surface area contributed by atoms with E-state index in [0.29, 0.717) is 47.8 Å². The lowest BCUT2D eigenvalue weighted by molar-refractivity contribution is -0.137. The third-order valence-electron chi connectivity index (χ3n) is 10.3. The van der Waals surface area contributed by atoms with Crippen molar-refractivity contribution >= 4 is 49.8 Å². The first kappa shape index (κ1) is 37.4. The number of amides is 3. The molecule has 2 aromatic heterocycles. The summed E-state index contributed by atoms with van der Waals surface area (Å²) in [4.78, 5) is 44.1. The first-order valence-electron chi connectivity index (χ1n) is 18.3. The molecule has 15 heteroatoms. The molecule has 1 saturated heterocycles. The zero-order valence-electron chi connectivity index (χ0n) is 29.4. The van der Waals surface area contributed by atoms with Crippen LogP contribution in [0.5, 0.6) is 5.75 Å². The maximum absolute atomic E-state index is 13.6. The van der Waals surface area contributed by atoms with Crippen molar-refractivity contribution in [3.8, 4) is 17.0 Å². The van der Waals surface area contributed by atoms with E-state index in [0.717, 1.165) is 37.8 Å². The van der Waals surface area contributed by atoms with Crippen LogP contribution in [0.4, 0.5) is 13.2 Å². The lowest BCUT2D eigenvalue weighted by Crippen LogP contribution is -2.43. The summed E-state index contributed by atoms with van der Waals surface area (Å²) in [7, 11) is -3.53. The highest BCUT2D eigenvalue weighted by Crippen LogP contribution is 2.41. The first-order chi connectivity index (χ1) is 25.8. The number of aromatic nitrogens is 1. The minimum atomic E-state index is -4.55. The van der Waals surface area contributed by atoms with Crippen LogP contribution in [0, 0.1) is 11.8 Å². The molecule has 2 aliphatic carbocycles. The van der Waals surface area contributed by atoms with Crippen LogP contribution in [-0.4, -0.2) is 60.0 Å². The third-order valence-corrected chi connectivity index (χ3v) is 12.1. The van der Waals surface area contributed by atoms with E-state index >= 15 is 0 Å². The number of fused-ring (bicyclic) bond motifs is 3. The monoisotopic (exact) mass is 766 g/mol. The molecule has 3 aliphatic rings. The number of sulfonamides is 1. The number of carbonyl (C=O) groups is 3. The molecule has 3 amide bonds. The SMILES string of the molecule is NC(=O)[C@@H]1C[C@@H](Oc2cc(-c3cccc(C(F)(F)F)c3)nc3c2oc2ccccc23)CN1C(=O)CCCCCC/C=C\[C@@H]1C[C@@H]1C(=O)NS(=O)(=O)C1CC1. The summed E-state index contributed by atoms with van der Waals surface area (Å²) in [5, 5.41) is 0.226. The highest BCUT2D eigenvalue weighted by molar-refractivity contribution is 7.90. The maximum Gasteiger partial charge on any atom is 0.416 e. The van der Waals surface area contributed by atoms with Gasteiger partial charge in [-0.15, -0.1) is 0 Å². The highest BCUT2D eigenvalue weighted by atomic mass is 32.2. The summed E-state index contributed by atoms with van der Waals surface area (Å²) in [6, 6.07) is 12.6. The molecule has 4 atom stereocenters. The summed E-state index contributed by atoms with van der Waals surface area (Å²) >= 11 is 0. The van der Waals surface area contributed by atoms with E-state index < -0.39 is 51.0 Å². The van der Waals surface area contributed by atoms with Gasteiger partial charge in [0.25, 0.3) is 0 Å². The molecule has 0 spiro atoms. The van der Waals surface area contributed by atoms with Gasteiger partial charge in [0.1, 0.15) is 23.2 Å². The van der Waals surface area contributed by atoms with Crippen molar-refractivity contribution in [3.63, 3.8) is 0 Å². The Balaban J connectivity index is 0.933. The molecular formula is C39H41F3N4O7S. The van der Waals surface area contributed by atoms with Crippen LogP contribution in [0.3, 0.4) is 0 Å². The molecule has 3 fully saturated rings. The van der Waals surface area contributed by atoms with Crippen LogP contribution in [0.15, 0.2) is 71.2 Å². The summed E-state index contributed by atoms with van der Waals surface area (Å²) in [6.45, 7) is 0.0901. The van der Waals surface area contributed by atoms with Gasteiger partial charge in [0.15, 0.2) is 11.3 Å². The molecule has 3 heterocycles. The summed E-state index contributed by atoms with van der Waals surface area (Å²) < 4.78 is 79.3. The predicted molar refractivity (Wildman–Crippen MR) is 194 cm³/mol. The Morgan fingerprint density at radius 2 is 1.80 bits per heavy atom. The fourth-order valence-corrected chi connectivity index (χ4v) is 8.42. The van der Waals surface area contributed by atoms with Gasteiger partial charge < -0.3 is 19.8 Å². The van der Waals surface area contributed by atoms with Crippen molar-refractivity contribution in [2.75, 3.05) is 6.54 Å². The number of carbonyl (C=O) groups excluding carboxylic acids is 3. The zero-order valence-corrected chi connectivity index (χ0v) is 30.2. The average molecular weight is 767 g/mol. The zero-order chi connectivity index (χ0) is 38.2. The number of pyridine rings is 1. The topological polar surface area (TPSA) is 162 Å². The molecule has 0 unspecified atom stereocenters. The smallest absolute Gasteiger partial charge is 0.416 e. The highest BCUT2D eigenvalue weighted by Gasteiger charge is 2.45. The number of allylic oxidation sites excluding steroid dienone is 2. The van der Waals surface area contributed by atoms with Crippen molar-refractivity contribution in [3.05, 3.63) is 72.3 Å². The van der Waals surface area contributed by atoms with E-state index in [4.69, 9.17) is 14.9 Å². The molecular weight excluding hydrogens is 726 g/mol. The average Bonchev–Trinajstić information content (AvgIpc) is 4.06. The maximum atomic E-state index is 13.6. The van der Waals surface area contributed by atoms with Gasteiger partial charge in [-0.1, -0.05) is 49.3 Å². The Morgan fingerprint density at radius 1 is 1.02 bits per heavy atom. The van der Waals surface area contributed by atoms with E-state index in [-0.39, 0.29) is 54.1 Å². The minimum absolute atomic E-state index is 0.0594. The largest absolute Gasteiger partial charge is 0.484 e. The van der Waals surface area contributed by atoms with Crippen molar-refractivity contribution in [2.45, 2.75) is 87.8 Å². The number of halogens is 3. The third kappa shape index (κ3) is 8.40. The number of nitrogens with zero attached hydrogens (tertiary/aromatic N) is 2. The van der Waals surface area contributed by atoms with Crippen LogP contribution < -0.4 is 15.2 Å². The van der Waals surface area contributed by atoms with Crippen molar-refractivity contribution < 1.29 is 45.1 Å². The first-order valence-corrected chi connectivity index (χ1v) is 19.8.